The van der Waals surface area contributed by atoms with Crippen molar-refractivity contribution in [3.05, 3.63) is 70.4 Å². The zero-order valence-corrected chi connectivity index (χ0v) is 24.0. The van der Waals surface area contributed by atoms with E-state index >= 15 is 0 Å². The van der Waals surface area contributed by atoms with Gasteiger partial charge in [-0.05, 0) is 69.5 Å². The van der Waals surface area contributed by atoms with Crippen LogP contribution in [0.1, 0.15) is 78.0 Å². The molecule has 9 nitrogen and oxygen atoms in total. The molecule has 1 amide bonds. The van der Waals surface area contributed by atoms with Gasteiger partial charge in [0.25, 0.3) is 0 Å². The molecule has 0 bridgehead atoms. The number of nitrogens with one attached hydrogen (secondary N) is 2. The van der Waals surface area contributed by atoms with E-state index in [0.717, 1.165) is 18.4 Å². The Labute approximate surface area is 232 Å². The van der Waals surface area contributed by atoms with Crippen LogP contribution < -0.4 is 16.8 Å². The first-order valence-electron chi connectivity index (χ1n) is 12.7. The Kier molecular flexibility index (Phi) is 11.9. The topological polar surface area (TPSA) is 167 Å². The summed E-state index contributed by atoms with van der Waals surface area (Å²) in [6.07, 6.45) is 2.52. The standard InChI is InChI=1S/C23H28N4O2.C7H13NO2/c1-5-6-7-8-16-9-17(13-28)11-18(10-16)23(14(2)3)19(12-24)21(26)29-22(27)20(23)15(4)25;1-5-8-6(9)10-7(2,3)4/h9-11,14,27-28H,5-6,13,25-26H2,1-4H3;5H,1H2,2-4H3,(H,8,9)/b20-15+,27-22?;. The summed E-state index contributed by atoms with van der Waals surface area (Å²) in [5.41, 5.74) is 13.8. The van der Waals surface area contributed by atoms with Crippen molar-refractivity contribution in [2.24, 2.45) is 17.4 Å². The number of hydrogen-bond acceptors (Lipinski definition) is 8. The molecule has 210 valence electrons. The Morgan fingerprint density at radius 2 is 2.00 bits per heavy atom. The Hall–Kier alpha value is -4.21. The fourth-order valence-corrected chi connectivity index (χ4v) is 4.31. The van der Waals surface area contributed by atoms with Gasteiger partial charge in [-0.15, -0.1) is 0 Å². The lowest BCUT2D eigenvalue weighted by Crippen LogP contribution is -2.46. The molecule has 1 heterocycles. The van der Waals surface area contributed by atoms with Crippen LogP contribution in [0.15, 0.2) is 53.7 Å². The summed E-state index contributed by atoms with van der Waals surface area (Å²) in [6.45, 7) is 16.2. The Morgan fingerprint density at radius 1 is 1.36 bits per heavy atom. The molecule has 1 aliphatic rings. The van der Waals surface area contributed by atoms with Crippen LogP contribution in [0.5, 0.6) is 0 Å². The summed E-state index contributed by atoms with van der Waals surface area (Å²) in [6, 6.07) is 7.71. The summed E-state index contributed by atoms with van der Waals surface area (Å²) in [5, 5.41) is 30.5. The Bertz CT molecular complexity index is 1250. The van der Waals surface area contributed by atoms with Crippen LogP contribution in [-0.4, -0.2) is 22.7 Å². The molecule has 2 rings (SSSR count). The van der Waals surface area contributed by atoms with Gasteiger partial charge in [0, 0.05) is 23.3 Å². The van der Waals surface area contributed by atoms with Crippen molar-refractivity contribution in [3.8, 4) is 17.9 Å². The highest BCUT2D eigenvalue weighted by Crippen LogP contribution is 2.50. The number of carbonyl (C=O) groups is 1. The third kappa shape index (κ3) is 8.13. The van der Waals surface area contributed by atoms with Gasteiger partial charge in [-0.3, -0.25) is 10.7 Å². The third-order valence-electron chi connectivity index (χ3n) is 5.70. The van der Waals surface area contributed by atoms with E-state index in [9.17, 15) is 15.2 Å². The molecule has 0 aromatic heterocycles. The number of rotatable bonds is 5. The fraction of sp³-hybridized carbons (Fsp3) is 0.433. The molecule has 1 aliphatic heterocycles. The van der Waals surface area contributed by atoms with Gasteiger partial charge in [-0.25, -0.2) is 4.79 Å². The predicted octanol–water partition coefficient (Wildman–Crippen LogP) is 4.81. The molecule has 39 heavy (non-hydrogen) atoms. The second-order valence-electron chi connectivity index (χ2n) is 10.3. The van der Waals surface area contributed by atoms with Crippen LogP contribution in [0.4, 0.5) is 4.79 Å². The molecule has 9 heteroatoms. The molecular formula is C30H41N5O4. The second kappa shape index (κ2) is 14.1. The maximum atomic E-state index is 10.7. The Morgan fingerprint density at radius 3 is 2.46 bits per heavy atom. The molecule has 0 spiro atoms. The number of aliphatic hydroxyl groups excluding tert-OH is 1. The highest BCUT2D eigenvalue weighted by molar-refractivity contribution is 5.98. The minimum atomic E-state index is -1.08. The molecule has 1 aromatic carbocycles. The first-order chi connectivity index (χ1) is 18.2. The SMILES string of the molecule is C=CNC(=O)OC(C)(C)C.CCCC#Cc1cc(CO)cc(C2(C(C)C)C(C#N)=C(N)OC(=N)/C2=C(/C)N)c1. The van der Waals surface area contributed by atoms with E-state index in [0.29, 0.717) is 22.4 Å². The number of benzene rings is 1. The molecule has 1 atom stereocenters. The number of aliphatic hydroxyl groups is 1. The van der Waals surface area contributed by atoms with Gasteiger partial charge in [-0.1, -0.05) is 45.3 Å². The van der Waals surface area contributed by atoms with Crippen molar-refractivity contribution >= 4 is 12.0 Å². The quantitative estimate of drug-likeness (QED) is 0.337. The monoisotopic (exact) mass is 535 g/mol. The zero-order chi connectivity index (χ0) is 30.0. The van der Waals surface area contributed by atoms with E-state index in [4.69, 9.17) is 26.4 Å². The van der Waals surface area contributed by atoms with Gasteiger partial charge >= 0.3 is 6.09 Å². The van der Waals surface area contributed by atoms with Crippen LogP contribution in [0, 0.1) is 34.5 Å². The number of alkyl carbamates (subject to hydrolysis) is 1. The number of unbranched alkanes of at least 4 members (excludes halogenated alkanes) is 1. The second-order valence-corrected chi connectivity index (χ2v) is 10.3. The van der Waals surface area contributed by atoms with Crippen LogP contribution in [0.3, 0.4) is 0 Å². The van der Waals surface area contributed by atoms with Gasteiger partial charge < -0.3 is 26.0 Å². The number of ether oxygens (including phenoxy) is 2. The fourth-order valence-electron chi connectivity index (χ4n) is 4.31. The lowest BCUT2D eigenvalue weighted by molar-refractivity contribution is 0.0552. The molecule has 7 N–H and O–H groups in total. The van der Waals surface area contributed by atoms with Crippen molar-refractivity contribution in [1.82, 2.24) is 5.32 Å². The molecule has 0 radical (unpaired) electrons. The van der Waals surface area contributed by atoms with Gasteiger partial charge in [0.2, 0.25) is 11.8 Å². The first kappa shape index (κ1) is 32.8. The lowest BCUT2D eigenvalue weighted by atomic mass is 9.60. The van der Waals surface area contributed by atoms with Crippen molar-refractivity contribution < 1.29 is 19.4 Å². The van der Waals surface area contributed by atoms with E-state index in [1.807, 2.05) is 32.0 Å². The number of hydrogen-bond donors (Lipinski definition) is 5. The van der Waals surface area contributed by atoms with Gasteiger partial charge in [-0.2, -0.15) is 5.26 Å². The van der Waals surface area contributed by atoms with Gasteiger partial charge in [0.15, 0.2) is 0 Å². The van der Waals surface area contributed by atoms with Crippen LogP contribution in [0.25, 0.3) is 0 Å². The van der Waals surface area contributed by atoms with Crippen molar-refractivity contribution in [3.63, 3.8) is 0 Å². The first-order valence-corrected chi connectivity index (χ1v) is 12.7. The smallest absolute Gasteiger partial charge is 0.411 e. The zero-order valence-electron chi connectivity index (χ0n) is 24.0. The number of nitrogens with zero attached hydrogens (tertiary/aromatic N) is 1. The highest BCUT2D eigenvalue weighted by atomic mass is 16.6. The number of carbonyl (C=O) groups excluding carboxylic acids is 1. The molecule has 0 saturated carbocycles. The minimum Gasteiger partial charge on any atom is -0.444 e. The van der Waals surface area contributed by atoms with E-state index in [-0.39, 0.29) is 29.9 Å². The van der Waals surface area contributed by atoms with Crippen LogP contribution >= 0.6 is 0 Å². The van der Waals surface area contributed by atoms with Gasteiger partial charge in [0.1, 0.15) is 17.2 Å². The number of amides is 1. The average molecular weight is 536 g/mol. The highest BCUT2D eigenvalue weighted by Gasteiger charge is 2.51. The number of allylic oxidation sites excluding steroid dienone is 2. The van der Waals surface area contributed by atoms with E-state index < -0.39 is 17.1 Å². The number of nitrogens with two attached hydrogens (primary N) is 2. The summed E-state index contributed by atoms with van der Waals surface area (Å²) >= 11 is 0. The maximum Gasteiger partial charge on any atom is 0.411 e. The minimum absolute atomic E-state index is 0.107. The largest absolute Gasteiger partial charge is 0.444 e. The Balaban J connectivity index is 0.000000646. The summed E-state index contributed by atoms with van der Waals surface area (Å²) < 4.78 is 10.2. The predicted molar refractivity (Wildman–Crippen MR) is 153 cm³/mol. The molecule has 0 saturated heterocycles. The van der Waals surface area contributed by atoms with Crippen LogP contribution in [0.2, 0.25) is 0 Å². The summed E-state index contributed by atoms with van der Waals surface area (Å²) in [4.78, 5) is 10.7. The molecule has 0 fully saturated rings. The van der Waals surface area contributed by atoms with E-state index in [1.165, 1.54) is 6.20 Å². The summed E-state index contributed by atoms with van der Waals surface area (Å²) in [7, 11) is 0. The molecule has 1 unspecified atom stereocenters. The van der Waals surface area contributed by atoms with Crippen molar-refractivity contribution in [1.29, 1.82) is 10.7 Å². The number of nitriles is 1. The van der Waals surface area contributed by atoms with Crippen molar-refractivity contribution in [2.75, 3.05) is 0 Å². The molecule has 0 aliphatic carbocycles. The van der Waals surface area contributed by atoms with Gasteiger partial charge in [0.05, 0.1) is 12.0 Å². The third-order valence-corrected chi connectivity index (χ3v) is 5.70. The lowest BCUT2D eigenvalue weighted by Gasteiger charge is -2.43. The van der Waals surface area contributed by atoms with Crippen LogP contribution in [-0.2, 0) is 21.5 Å². The average Bonchev–Trinajstić information content (AvgIpc) is 2.82. The van der Waals surface area contributed by atoms with E-state index in [2.05, 4.69) is 36.7 Å². The summed E-state index contributed by atoms with van der Waals surface area (Å²) in [5.74, 6) is 5.78. The van der Waals surface area contributed by atoms with Crippen molar-refractivity contribution in [2.45, 2.75) is 78.9 Å². The molecule has 1 aromatic rings. The normalized spacial score (nSPS) is 18.0. The maximum absolute atomic E-state index is 10.7. The van der Waals surface area contributed by atoms with E-state index in [1.54, 1.807) is 27.7 Å². The molecular weight excluding hydrogens is 494 g/mol.